The molecule has 0 atom stereocenters. The fourth-order valence-electron chi connectivity index (χ4n) is 1.79. The van der Waals surface area contributed by atoms with Crippen LogP contribution in [0.25, 0.3) is 20.8 Å². The molecule has 0 unspecified atom stereocenters. The Morgan fingerprint density at radius 2 is 1.82 bits per heavy atom. The lowest BCUT2D eigenvalue weighted by Gasteiger charge is -1.95. The van der Waals surface area contributed by atoms with Crippen LogP contribution in [0.15, 0.2) is 42.5 Å². The Bertz CT molecular complexity index is 668. The van der Waals surface area contributed by atoms with Crippen LogP contribution in [-0.2, 0) is 0 Å². The molecular weight excluding hydrogens is 228 g/mol. The highest BCUT2D eigenvalue weighted by Gasteiger charge is 2.07. The van der Waals surface area contributed by atoms with Crippen LogP contribution in [0.5, 0.6) is 0 Å². The van der Waals surface area contributed by atoms with Crippen molar-refractivity contribution in [2.45, 2.75) is 6.92 Å². The van der Waals surface area contributed by atoms with Gasteiger partial charge >= 0.3 is 0 Å². The number of anilines is 1. The number of benzene rings is 2. The van der Waals surface area contributed by atoms with Crippen LogP contribution in [0.1, 0.15) is 5.56 Å². The van der Waals surface area contributed by atoms with E-state index < -0.39 is 0 Å². The second-order valence-corrected chi connectivity index (χ2v) is 5.08. The maximum absolute atomic E-state index is 5.94. The molecule has 17 heavy (non-hydrogen) atoms. The van der Waals surface area contributed by atoms with E-state index in [4.69, 9.17) is 5.73 Å². The second-order valence-electron chi connectivity index (χ2n) is 4.08. The highest BCUT2D eigenvalue weighted by molar-refractivity contribution is 7.22. The quantitative estimate of drug-likeness (QED) is 0.656. The molecule has 0 radical (unpaired) electrons. The molecular formula is C14H12N2S. The van der Waals surface area contributed by atoms with E-state index in [0.717, 1.165) is 26.5 Å². The lowest BCUT2D eigenvalue weighted by Crippen LogP contribution is -1.82. The molecule has 1 aromatic heterocycles. The largest absolute Gasteiger partial charge is 0.398 e. The van der Waals surface area contributed by atoms with Crippen molar-refractivity contribution in [1.82, 2.24) is 4.98 Å². The molecule has 1 heterocycles. The average molecular weight is 240 g/mol. The van der Waals surface area contributed by atoms with Gasteiger partial charge in [-0.2, -0.15) is 0 Å². The van der Waals surface area contributed by atoms with E-state index >= 15 is 0 Å². The normalized spacial score (nSPS) is 10.9. The van der Waals surface area contributed by atoms with Crippen molar-refractivity contribution in [1.29, 1.82) is 0 Å². The average Bonchev–Trinajstić information content (AvgIpc) is 2.75. The van der Waals surface area contributed by atoms with Gasteiger partial charge in [-0.3, -0.25) is 0 Å². The molecule has 84 valence electrons. The zero-order valence-electron chi connectivity index (χ0n) is 9.47. The Labute approximate surface area is 104 Å². The van der Waals surface area contributed by atoms with Crippen molar-refractivity contribution in [2.75, 3.05) is 5.73 Å². The summed E-state index contributed by atoms with van der Waals surface area (Å²) in [7, 11) is 0. The maximum atomic E-state index is 5.94. The van der Waals surface area contributed by atoms with E-state index in [9.17, 15) is 0 Å². The molecule has 0 fully saturated rings. The molecule has 2 nitrogen and oxygen atoms in total. The fourth-order valence-corrected chi connectivity index (χ4v) is 2.79. The molecule has 0 saturated heterocycles. The van der Waals surface area contributed by atoms with Gasteiger partial charge < -0.3 is 5.73 Å². The topological polar surface area (TPSA) is 38.9 Å². The first-order valence-corrected chi connectivity index (χ1v) is 6.28. The minimum Gasteiger partial charge on any atom is -0.398 e. The first-order valence-electron chi connectivity index (χ1n) is 5.46. The number of hydrogen-bond donors (Lipinski definition) is 1. The predicted octanol–water partition coefficient (Wildman–Crippen LogP) is 3.85. The molecule has 2 aromatic carbocycles. The van der Waals surface area contributed by atoms with Gasteiger partial charge in [0.1, 0.15) is 5.01 Å². The lowest BCUT2D eigenvalue weighted by atomic mass is 10.2. The monoisotopic (exact) mass is 240 g/mol. The van der Waals surface area contributed by atoms with Gasteiger partial charge in [-0.25, -0.2) is 4.98 Å². The third-order valence-electron chi connectivity index (χ3n) is 2.74. The minimum atomic E-state index is 0.804. The van der Waals surface area contributed by atoms with E-state index in [1.54, 1.807) is 11.3 Å². The van der Waals surface area contributed by atoms with Gasteiger partial charge in [-0.05, 0) is 19.1 Å². The van der Waals surface area contributed by atoms with Crippen LogP contribution < -0.4 is 5.73 Å². The van der Waals surface area contributed by atoms with Crippen molar-refractivity contribution in [2.24, 2.45) is 0 Å². The number of thiazole rings is 1. The lowest BCUT2D eigenvalue weighted by molar-refractivity contribution is 1.44. The predicted molar refractivity (Wildman–Crippen MR) is 74.2 cm³/mol. The third kappa shape index (κ3) is 1.78. The maximum Gasteiger partial charge on any atom is 0.124 e. The molecule has 3 rings (SSSR count). The molecule has 0 saturated carbocycles. The SMILES string of the molecule is Cc1ccc(-c2nc3cccc(N)c3s2)cc1. The van der Waals surface area contributed by atoms with Crippen molar-refractivity contribution < 1.29 is 0 Å². The summed E-state index contributed by atoms with van der Waals surface area (Å²) in [5.74, 6) is 0. The third-order valence-corrected chi connectivity index (χ3v) is 3.91. The Balaban J connectivity index is 2.18. The summed E-state index contributed by atoms with van der Waals surface area (Å²) >= 11 is 1.65. The van der Waals surface area contributed by atoms with Crippen LogP contribution in [-0.4, -0.2) is 4.98 Å². The van der Waals surface area contributed by atoms with Gasteiger partial charge in [0.05, 0.1) is 15.9 Å². The highest BCUT2D eigenvalue weighted by atomic mass is 32.1. The van der Waals surface area contributed by atoms with E-state index in [-0.39, 0.29) is 0 Å². The highest BCUT2D eigenvalue weighted by Crippen LogP contribution is 2.33. The summed E-state index contributed by atoms with van der Waals surface area (Å²) in [4.78, 5) is 4.61. The molecule has 0 spiro atoms. The van der Waals surface area contributed by atoms with Crippen LogP contribution >= 0.6 is 11.3 Å². The van der Waals surface area contributed by atoms with Gasteiger partial charge in [0.25, 0.3) is 0 Å². The Kier molecular flexibility index (Phi) is 2.34. The molecule has 3 heteroatoms. The molecule has 0 bridgehead atoms. The molecule has 0 aliphatic rings. The summed E-state index contributed by atoms with van der Waals surface area (Å²) in [6.07, 6.45) is 0. The van der Waals surface area contributed by atoms with Gasteiger partial charge in [-0.1, -0.05) is 35.9 Å². The standard InChI is InChI=1S/C14H12N2S/c1-9-5-7-10(8-6-9)14-16-12-4-2-3-11(15)13(12)17-14/h2-8H,15H2,1H3. The number of nitrogen functional groups attached to an aromatic ring is 1. The van der Waals surface area contributed by atoms with E-state index in [1.807, 2.05) is 18.2 Å². The van der Waals surface area contributed by atoms with Crippen molar-refractivity contribution in [3.8, 4) is 10.6 Å². The molecule has 0 aliphatic heterocycles. The zero-order chi connectivity index (χ0) is 11.8. The van der Waals surface area contributed by atoms with Crippen LogP contribution in [0.3, 0.4) is 0 Å². The fraction of sp³-hybridized carbons (Fsp3) is 0.0714. The van der Waals surface area contributed by atoms with Crippen molar-refractivity contribution in [3.63, 3.8) is 0 Å². The first-order chi connectivity index (χ1) is 8.24. The number of aryl methyl sites for hydroxylation is 1. The summed E-state index contributed by atoms with van der Waals surface area (Å²) in [5.41, 5.74) is 10.1. The van der Waals surface area contributed by atoms with Gasteiger partial charge in [0.2, 0.25) is 0 Å². The number of nitrogens with two attached hydrogens (primary N) is 1. The van der Waals surface area contributed by atoms with Gasteiger partial charge in [0.15, 0.2) is 0 Å². The smallest absolute Gasteiger partial charge is 0.124 e. The molecule has 2 N–H and O–H groups in total. The van der Waals surface area contributed by atoms with Gasteiger partial charge in [-0.15, -0.1) is 11.3 Å². The van der Waals surface area contributed by atoms with Crippen LogP contribution in [0.4, 0.5) is 5.69 Å². The van der Waals surface area contributed by atoms with Crippen LogP contribution in [0, 0.1) is 6.92 Å². The summed E-state index contributed by atoms with van der Waals surface area (Å²) in [6, 6.07) is 14.3. The number of rotatable bonds is 1. The second kappa shape index (κ2) is 3.86. The Morgan fingerprint density at radius 3 is 2.53 bits per heavy atom. The number of fused-ring (bicyclic) bond motifs is 1. The summed E-state index contributed by atoms with van der Waals surface area (Å²) in [6.45, 7) is 2.08. The number of aromatic nitrogens is 1. The van der Waals surface area contributed by atoms with Gasteiger partial charge in [0, 0.05) is 5.56 Å². The molecule has 3 aromatic rings. The van der Waals surface area contributed by atoms with Crippen molar-refractivity contribution >= 4 is 27.2 Å². The zero-order valence-corrected chi connectivity index (χ0v) is 10.3. The van der Waals surface area contributed by atoms with E-state index in [0.29, 0.717) is 0 Å². The number of nitrogens with zero attached hydrogens (tertiary/aromatic N) is 1. The minimum absolute atomic E-state index is 0.804. The first kappa shape index (κ1) is 10.3. The van der Waals surface area contributed by atoms with Crippen molar-refractivity contribution in [3.05, 3.63) is 48.0 Å². The van der Waals surface area contributed by atoms with Crippen LogP contribution in [0.2, 0.25) is 0 Å². The van der Waals surface area contributed by atoms with E-state index in [2.05, 4.69) is 36.2 Å². The molecule has 0 amide bonds. The molecule has 0 aliphatic carbocycles. The number of hydrogen-bond acceptors (Lipinski definition) is 3. The summed E-state index contributed by atoms with van der Waals surface area (Å²) in [5, 5.41) is 1.03. The summed E-state index contributed by atoms with van der Waals surface area (Å²) < 4.78 is 1.07. The Morgan fingerprint density at radius 1 is 1.06 bits per heavy atom. The van der Waals surface area contributed by atoms with E-state index in [1.165, 1.54) is 5.56 Å². The Hall–Kier alpha value is -1.87.